The van der Waals surface area contributed by atoms with Gasteiger partial charge in [0.2, 0.25) is 0 Å². The highest BCUT2D eigenvalue weighted by atomic mass is 19.4. The molecule has 1 unspecified atom stereocenters. The Morgan fingerprint density at radius 1 is 1.30 bits per heavy atom. The number of hydrogen-bond donors (Lipinski definition) is 1. The Morgan fingerprint density at radius 3 is 2.80 bits per heavy atom. The Morgan fingerprint density at radius 2 is 2.10 bits per heavy atom. The third-order valence-corrected chi connectivity index (χ3v) is 3.68. The Kier molecular flexibility index (Phi) is 3.41. The molecular weight excluding hydrogens is 267 g/mol. The summed E-state index contributed by atoms with van der Waals surface area (Å²) in [5.74, 6) is 0.606. The van der Waals surface area contributed by atoms with Crippen LogP contribution in [0.15, 0.2) is 24.3 Å². The average molecular weight is 283 g/mol. The van der Waals surface area contributed by atoms with Crippen LogP contribution in [0.4, 0.5) is 13.2 Å². The molecule has 2 aromatic rings. The predicted molar refractivity (Wildman–Crippen MR) is 70.6 cm³/mol. The number of alkyl halides is 3. The molecule has 1 atom stereocenters. The van der Waals surface area contributed by atoms with Crippen LogP contribution >= 0.6 is 0 Å². The van der Waals surface area contributed by atoms with Gasteiger partial charge < -0.3 is 9.88 Å². The minimum Gasteiger partial charge on any atom is -0.319 e. The van der Waals surface area contributed by atoms with Crippen molar-refractivity contribution in [2.75, 3.05) is 13.1 Å². The zero-order valence-electron chi connectivity index (χ0n) is 11.0. The molecule has 6 heteroatoms. The summed E-state index contributed by atoms with van der Waals surface area (Å²) in [6.45, 7) is 0.649. The molecule has 0 radical (unpaired) electrons. The number of nitrogens with zero attached hydrogens (tertiary/aromatic N) is 2. The molecule has 0 amide bonds. The lowest BCUT2D eigenvalue weighted by atomic mass is 9.99. The number of imidazole rings is 1. The molecule has 1 aliphatic rings. The first kappa shape index (κ1) is 13.4. The van der Waals surface area contributed by atoms with Gasteiger partial charge in [-0.1, -0.05) is 12.1 Å². The highest BCUT2D eigenvalue weighted by Crippen LogP contribution is 2.29. The summed E-state index contributed by atoms with van der Waals surface area (Å²) in [4.78, 5) is 4.44. The van der Waals surface area contributed by atoms with Crippen molar-refractivity contribution in [3.05, 3.63) is 30.1 Å². The second-order valence-corrected chi connectivity index (χ2v) is 5.20. The molecule has 1 fully saturated rings. The summed E-state index contributed by atoms with van der Waals surface area (Å²) in [5.41, 5.74) is 1.20. The maximum atomic E-state index is 12.8. The molecule has 0 bridgehead atoms. The summed E-state index contributed by atoms with van der Waals surface area (Å²) in [6, 6.07) is 7.02. The highest BCUT2D eigenvalue weighted by Gasteiger charge is 2.32. The van der Waals surface area contributed by atoms with Crippen LogP contribution in [0.5, 0.6) is 0 Å². The van der Waals surface area contributed by atoms with Gasteiger partial charge in [-0.25, -0.2) is 4.98 Å². The fraction of sp³-hybridized carbons (Fsp3) is 0.500. The summed E-state index contributed by atoms with van der Waals surface area (Å²) < 4.78 is 39.8. The van der Waals surface area contributed by atoms with Crippen molar-refractivity contribution < 1.29 is 13.2 Å². The Bertz CT molecular complexity index is 597. The molecule has 0 spiro atoms. The first-order valence-electron chi connectivity index (χ1n) is 6.77. The fourth-order valence-corrected chi connectivity index (χ4v) is 2.82. The van der Waals surface area contributed by atoms with E-state index in [9.17, 15) is 13.2 Å². The number of aromatic nitrogens is 2. The Balaban J connectivity index is 2.06. The van der Waals surface area contributed by atoms with Crippen molar-refractivity contribution in [1.82, 2.24) is 14.9 Å². The highest BCUT2D eigenvalue weighted by molar-refractivity contribution is 5.76. The van der Waals surface area contributed by atoms with Gasteiger partial charge in [0.05, 0.1) is 11.0 Å². The maximum Gasteiger partial charge on any atom is 0.406 e. The largest absolute Gasteiger partial charge is 0.406 e. The van der Waals surface area contributed by atoms with E-state index in [1.165, 1.54) is 4.57 Å². The van der Waals surface area contributed by atoms with E-state index >= 15 is 0 Å². The number of hydrogen-bond acceptors (Lipinski definition) is 2. The van der Waals surface area contributed by atoms with Crippen LogP contribution in [0, 0.1) is 0 Å². The maximum absolute atomic E-state index is 12.8. The number of piperidine rings is 1. The van der Waals surface area contributed by atoms with Gasteiger partial charge in [-0.2, -0.15) is 13.2 Å². The zero-order chi connectivity index (χ0) is 14.2. The van der Waals surface area contributed by atoms with Crippen molar-refractivity contribution in [1.29, 1.82) is 0 Å². The van der Waals surface area contributed by atoms with E-state index < -0.39 is 12.7 Å². The van der Waals surface area contributed by atoms with E-state index in [0.29, 0.717) is 23.4 Å². The fourth-order valence-electron chi connectivity index (χ4n) is 2.82. The van der Waals surface area contributed by atoms with E-state index in [4.69, 9.17) is 0 Å². The molecule has 108 valence electrons. The van der Waals surface area contributed by atoms with Gasteiger partial charge in [-0.05, 0) is 31.5 Å². The van der Waals surface area contributed by atoms with Gasteiger partial charge in [0, 0.05) is 12.5 Å². The summed E-state index contributed by atoms with van der Waals surface area (Å²) >= 11 is 0. The van der Waals surface area contributed by atoms with E-state index in [2.05, 4.69) is 10.3 Å². The van der Waals surface area contributed by atoms with Gasteiger partial charge in [-0.3, -0.25) is 0 Å². The molecule has 20 heavy (non-hydrogen) atoms. The molecule has 3 rings (SSSR count). The molecule has 1 saturated heterocycles. The molecule has 0 saturated carbocycles. The third kappa shape index (κ3) is 2.65. The Hall–Kier alpha value is -1.56. The summed E-state index contributed by atoms with van der Waals surface area (Å²) in [7, 11) is 0. The first-order valence-corrected chi connectivity index (χ1v) is 6.77. The standard InChI is InChI=1S/C14H16F3N3/c15-14(16,17)9-20-12-6-2-1-5-11(12)19-13(20)10-4-3-7-18-8-10/h1-2,5-6,10,18H,3-4,7-9H2. The van der Waals surface area contributed by atoms with Crippen molar-refractivity contribution in [3.8, 4) is 0 Å². The second kappa shape index (κ2) is 5.09. The number of benzene rings is 1. The van der Waals surface area contributed by atoms with E-state index in [1.807, 2.05) is 0 Å². The van der Waals surface area contributed by atoms with E-state index in [0.717, 1.165) is 19.4 Å². The topological polar surface area (TPSA) is 29.9 Å². The minimum atomic E-state index is -4.24. The number of halogens is 3. The molecule has 1 aromatic heterocycles. The number of nitrogens with one attached hydrogen (secondary N) is 1. The van der Waals surface area contributed by atoms with E-state index in [-0.39, 0.29) is 5.92 Å². The quantitative estimate of drug-likeness (QED) is 0.918. The molecule has 2 heterocycles. The van der Waals surface area contributed by atoms with Crippen LogP contribution in [0.1, 0.15) is 24.6 Å². The summed E-state index contributed by atoms with van der Waals surface area (Å²) in [5, 5.41) is 3.23. The number of fused-ring (bicyclic) bond motifs is 1. The molecule has 1 aromatic carbocycles. The Labute approximate surface area is 114 Å². The molecule has 3 nitrogen and oxygen atoms in total. The first-order chi connectivity index (χ1) is 9.54. The lowest BCUT2D eigenvalue weighted by Gasteiger charge is -2.23. The third-order valence-electron chi connectivity index (χ3n) is 3.68. The van der Waals surface area contributed by atoms with Crippen molar-refractivity contribution in [2.45, 2.75) is 31.5 Å². The number of rotatable bonds is 2. The molecular formula is C14H16F3N3. The average Bonchev–Trinajstić information content (AvgIpc) is 2.77. The minimum absolute atomic E-state index is 0.0542. The number of para-hydroxylation sites is 2. The van der Waals surface area contributed by atoms with Crippen LogP contribution in [0.2, 0.25) is 0 Å². The van der Waals surface area contributed by atoms with Crippen LogP contribution in [-0.2, 0) is 6.54 Å². The predicted octanol–water partition coefficient (Wildman–Crippen LogP) is 3.07. The van der Waals surface area contributed by atoms with Gasteiger partial charge >= 0.3 is 6.18 Å². The lowest BCUT2D eigenvalue weighted by molar-refractivity contribution is -0.140. The van der Waals surface area contributed by atoms with Gasteiger partial charge in [-0.15, -0.1) is 0 Å². The monoisotopic (exact) mass is 283 g/mol. The summed E-state index contributed by atoms with van der Waals surface area (Å²) in [6.07, 6.45) is -2.38. The van der Waals surface area contributed by atoms with Crippen molar-refractivity contribution in [2.24, 2.45) is 0 Å². The zero-order valence-corrected chi connectivity index (χ0v) is 11.0. The van der Waals surface area contributed by atoms with Gasteiger partial charge in [0.25, 0.3) is 0 Å². The SMILES string of the molecule is FC(F)(F)Cn1c(C2CCCNC2)nc2ccccc21. The van der Waals surface area contributed by atoms with Crippen LogP contribution in [0.3, 0.4) is 0 Å². The molecule has 1 aliphatic heterocycles. The van der Waals surface area contributed by atoms with Crippen molar-refractivity contribution >= 4 is 11.0 Å². The van der Waals surface area contributed by atoms with Crippen molar-refractivity contribution in [3.63, 3.8) is 0 Å². The van der Waals surface area contributed by atoms with Crippen LogP contribution < -0.4 is 5.32 Å². The molecule has 1 N–H and O–H groups in total. The van der Waals surface area contributed by atoms with E-state index in [1.54, 1.807) is 24.3 Å². The van der Waals surface area contributed by atoms with Crippen LogP contribution in [0.25, 0.3) is 11.0 Å². The van der Waals surface area contributed by atoms with Crippen LogP contribution in [-0.4, -0.2) is 28.8 Å². The van der Waals surface area contributed by atoms with Gasteiger partial charge in [0.1, 0.15) is 12.4 Å². The second-order valence-electron chi connectivity index (χ2n) is 5.20. The smallest absolute Gasteiger partial charge is 0.319 e. The molecule has 0 aliphatic carbocycles. The normalized spacial score (nSPS) is 20.4. The van der Waals surface area contributed by atoms with Gasteiger partial charge in [0.15, 0.2) is 0 Å². The lowest BCUT2D eigenvalue weighted by Crippen LogP contribution is -2.31.